The van der Waals surface area contributed by atoms with E-state index in [2.05, 4.69) is 9.97 Å². The maximum atomic E-state index is 13.1. The van der Waals surface area contributed by atoms with Crippen molar-refractivity contribution in [3.8, 4) is 11.1 Å². The van der Waals surface area contributed by atoms with Crippen molar-refractivity contribution in [1.29, 1.82) is 0 Å². The Balaban J connectivity index is 2.18. The third-order valence-electron chi connectivity index (χ3n) is 2.56. The van der Waals surface area contributed by atoms with E-state index >= 15 is 0 Å². The quantitative estimate of drug-likeness (QED) is 0.658. The molecule has 2 aromatic heterocycles. The lowest BCUT2D eigenvalue weighted by atomic mass is 10.1. The first kappa shape index (κ1) is 9.09. The number of hydrogen-bond donors (Lipinski definition) is 1. The normalized spacial score (nSPS) is 10.8. The van der Waals surface area contributed by atoms with Gasteiger partial charge in [0.15, 0.2) is 0 Å². The van der Waals surface area contributed by atoms with Gasteiger partial charge in [-0.3, -0.25) is 4.98 Å². The van der Waals surface area contributed by atoms with Gasteiger partial charge in [-0.2, -0.15) is 0 Å². The molecule has 0 radical (unpaired) electrons. The zero-order valence-electron chi connectivity index (χ0n) is 8.44. The Kier molecular flexibility index (Phi) is 1.96. The lowest BCUT2D eigenvalue weighted by Gasteiger charge is -2.01. The first-order valence-corrected chi connectivity index (χ1v) is 5.02. The number of hydrogen-bond acceptors (Lipinski definition) is 1. The number of pyridine rings is 1. The fourth-order valence-corrected chi connectivity index (χ4v) is 1.76. The van der Waals surface area contributed by atoms with Crippen LogP contribution < -0.4 is 0 Å². The molecule has 2 nitrogen and oxygen atoms in total. The van der Waals surface area contributed by atoms with Crippen molar-refractivity contribution < 1.29 is 4.39 Å². The maximum Gasteiger partial charge on any atom is 0.123 e. The Morgan fingerprint density at radius 2 is 2.00 bits per heavy atom. The van der Waals surface area contributed by atoms with Crippen LogP contribution in [0.3, 0.4) is 0 Å². The number of rotatable bonds is 1. The molecule has 1 N–H and O–H groups in total. The van der Waals surface area contributed by atoms with E-state index in [1.165, 1.54) is 12.1 Å². The molecule has 0 aliphatic carbocycles. The minimum Gasteiger partial charge on any atom is -0.360 e. The van der Waals surface area contributed by atoms with Gasteiger partial charge in [0.2, 0.25) is 0 Å². The van der Waals surface area contributed by atoms with Crippen LogP contribution in [0.1, 0.15) is 0 Å². The van der Waals surface area contributed by atoms with Gasteiger partial charge in [-0.05, 0) is 29.8 Å². The second kappa shape index (κ2) is 3.45. The van der Waals surface area contributed by atoms with Crippen molar-refractivity contribution in [3.05, 3.63) is 54.6 Å². The van der Waals surface area contributed by atoms with Gasteiger partial charge in [-0.15, -0.1) is 0 Å². The summed E-state index contributed by atoms with van der Waals surface area (Å²) in [5.74, 6) is -0.232. The standard InChI is InChI=1S/C13H9FN2/c14-11-3-1-2-9(6-11)10-7-13-12(16-8-10)4-5-15-13/h1-8,15H. The number of halogens is 1. The topological polar surface area (TPSA) is 28.7 Å². The summed E-state index contributed by atoms with van der Waals surface area (Å²) in [6.07, 6.45) is 3.60. The smallest absolute Gasteiger partial charge is 0.123 e. The molecule has 0 unspecified atom stereocenters. The summed E-state index contributed by atoms with van der Waals surface area (Å²) in [5, 5.41) is 0. The molecular weight excluding hydrogens is 203 g/mol. The molecule has 0 atom stereocenters. The van der Waals surface area contributed by atoms with Crippen molar-refractivity contribution in [2.45, 2.75) is 0 Å². The van der Waals surface area contributed by atoms with Crippen molar-refractivity contribution in [1.82, 2.24) is 9.97 Å². The average Bonchev–Trinajstić information content (AvgIpc) is 2.75. The summed E-state index contributed by atoms with van der Waals surface area (Å²) in [4.78, 5) is 7.38. The van der Waals surface area contributed by atoms with Gasteiger partial charge in [0.25, 0.3) is 0 Å². The molecule has 0 bridgehead atoms. The summed E-state index contributed by atoms with van der Waals surface area (Å²) >= 11 is 0. The Hall–Kier alpha value is -2.16. The second-order valence-electron chi connectivity index (χ2n) is 3.64. The molecule has 0 aliphatic rings. The highest BCUT2D eigenvalue weighted by Crippen LogP contribution is 2.22. The maximum absolute atomic E-state index is 13.1. The number of fused-ring (bicyclic) bond motifs is 1. The number of nitrogens with one attached hydrogen (secondary N) is 1. The second-order valence-corrected chi connectivity index (χ2v) is 3.64. The van der Waals surface area contributed by atoms with Crippen LogP contribution >= 0.6 is 0 Å². The highest BCUT2D eigenvalue weighted by Gasteiger charge is 2.02. The molecule has 16 heavy (non-hydrogen) atoms. The summed E-state index contributed by atoms with van der Waals surface area (Å²) in [5.41, 5.74) is 3.63. The summed E-state index contributed by atoms with van der Waals surface area (Å²) < 4.78 is 13.1. The van der Waals surface area contributed by atoms with E-state index in [9.17, 15) is 4.39 Å². The summed E-state index contributed by atoms with van der Waals surface area (Å²) in [6, 6.07) is 10.4. The number of benzene rings is 1. The summed E-state index contributed by atoms with van der Waals surface area (Å²) in [6.45, 7) is 0. The van der Waals surface area contributed by atoms with Crippen LogP contribution in [0.5, 0.6) is 0 Å². The average molecular weight is 212 g/mol. The van der Waals surface area contributed by atoms with E-state index in [-0.39, 0.29) is 5.82 Å². The van der Waals surface area contributed by atoms with Crippen LogP contribution in [0.15, 0.2) is 48.8 Å². The zero-order chi connectivity index (χ0) is 11.0. The lowest BCUT2D eigenvalue weighted by molar-refractivity contribution is 0.628. The molecule has 3 rings (SSSR count). The van der Waals surface area contributed by atoms with Gasteiger partial charge in [-0.1, -0.05) is 12.1 Å². The van der Waals surface area contributed by atoms with Gasteiger partial charge >= 0.3 is 0 Å². The van der Waals surface area contributed by atoms with Gasteiger partial charge < -0.3 is 4.98 Å². The van der Waals surface area contributed by atoms with E-state index in [0.29, 0.717) is 0 Å². The highest BCUT2D eigenvalue weighted by atomic mass is 19.1. The molecule has 0 fully saturated rings. The number of aromatic amines is 1. The third-order valence-corrected chi connectivity index (χ3v) is 2.56. The SMILES string of the molecule is Fc1cccc(-c2cnc3cc[nH]c3c2)c1. The van der Waals surface area contributed by atoms with Crippen LogP contribution in [0, 0.1) is 5.82 Å². The van der Waals surface area contributed by atoms with Gasteiger partial charge in [0.1, 0.15) is 5.82 Å². The van der Waals surface area contributed by atoms with E-state index in [1.807, 2.05) is 24.4 Å². The Bertz CT molecular complexity index is 643. The van der Waals surface area contributed by atoms with E-state index < -0.39 is 0 Å². The van der Waals surface area contributed by atoms with Crippen molar-refractivity contribution in [2.75, 3.05) is 0 Å². The third kappa shape index (κ3) is 1.46. The zero-order valence-corrected chi connectivity index (χ0v) is 8.44. The Labute approximate surface area is 91.8 Å². The fraction of sp³-hybridized carbons (Fsp3) is 0. The van der Waals surface area contributed by atoms with Crippen molar-refractivity contribution in [3.63, 3.8) is 0 Å². The molecule has 3 aromatic rings. The van der Waals surface area contributed by atoms with Crippen molar-refractivity contribution >= 4 is 11.0 Å². The van der Waals surface area contributed by atoms with Crippen LogP contribution in [0.25, 0.3) is 22.2 Å². The molecule has 0 aliphatic heterocycles. The van der Waals surface area contributed by atoms with E-state index in [4.69, 9.17) is 0 Å². The largest absolute Gasteiger partial charge is 0.360 e. The highest BCUT2D eigenvalue weighted by molar-refractivity contribution is 5.80. The molecule has 78 valence electrons. The molecule has 3 heteroatoms. The van der Waals surface area contributed by atoms with Gasteiger partial charge in [0.05, 0.1) is 11.0 Å². The van der Waals surface area contributed by atoms with Crippen molar-refractivity contribution in [2.24, 2.45) is 0 Å². The van der Waals surface area contributed by atoms with Crippen LogP contribution in [0.4, 0.5) is 4.39 Å². The number of aromatic nitrogens is 2. The molecule has 1 aromatic carbocycles. The first-order valence-electron chi connectivity index (χ1n) is 5.02. The summed E-state index contributed by atoms with van der Waals surface area (Å²) in [7, 11) is 0. The lowest BCUT2D eigenvalue weighted by Crippen LogP contribution is -1.82. The van der Waals surface area contributed by atoms with Gasteiger partial charge in [-0.25, -0.2) is 4.39 Å². The molecular formula is C13H9FN2. The van der Waals surface area contributed by atoms with Crippen LogP contribution in [-0.4, -0.2) is 9.97 Å². The predicted octanol–water partition coefficient (Wildman–Crippen LogP) is 3.37. The fourth-order valence-electron chi connectivity index (χ4n) is 1.76. The number of H-pyrrole nitrogens is 1. The molecule has 0 spiro atoms. The minimum atomic E-state index is -0.232. The Morgan fingerprint density at radius 1 is 1.06 bits per heavy atom. The van der Waals surface area contributed by atoms with E-state index in [0.717, 1.165) is 22.2 Å². The molecule has 0 saturated heterocycles. The predicted molar refractivity (Wildman–Crippen MR) is 61.5 cm³/mol. The minimum absolute atomic E-state index is 0.232. The molecule has 0 amide bonds. The van der Waals surface area contributed by atoms with Crippen LogP contribution in [0.2, 0.25) is 0 Å². The molecule has 0 saturated carbocycles. The number of nitrogens with zero attached hydrogens (tertiary/aromatic N) is 1. The van der Waals surface area contributed by atoms with Crippen LogP contribution in [-0.2, 0) is 0 Å². The Morgan fingerprint density at radius 3 is 2.88 bits per heavy atom. The molecule has 2 heterocycles. The van der Waals surface area contributed by atoms with E-state index in [1.54, 1.807) is 12.3 Å². The van der Waals surface area contributed by atoms with Gasteiger partial charge in [0, 0.05) is 18.0 Å². The first-order chi connectivity index (χ1) is 7.83. The monoisotopic (exact) mass is 212 g/mol.